The summed E-state index contributed by atoms with van der Waals surface area (Å²) in [6, 6.07) is 14.1. The number of hydrogen-bond donors (Lipinski definition) is 1. The van der Waals surface area contributed by atoms with E-state index in [1.54, 1.807) is 37.3 Å². The van der Waals surface area contributed by atoms with Gasteiger partial charge in [-0.05, 0) is 31.2 Å². The summed E-state index contributed by atoms with van der Waals surface area (Å²) in [6.07, 6.45) is 2.90. The van der Waals surface area contributed by atoms with Gasteiger partial charge in [0.2, 0.25) is 0 Å². The van der Waals surface area contributed by atoms with Crippen molar-refractivity contribution < 1.29 is 9.59 Å². The van der Waals surface area contributed by atoms with E-state index < -0.39 is 11.8 Å². The summed E-state index contributed by atoms with van der Waals surface area (Å²) in [5, 5.41) is 9.47. The molecule has 0 saturated heterocycles. The van der Waals surface area contributed by atoms with E-state index in [1.807, 2.05) is 18.2 Å². The van der Waals surface area contributed by atoms with Crippen LogP contribution in [0.2, 0.25) is 0 Å². The van der Waals surface area contributed by atoms with Crippen molar-refractivity contribution in [2.24, 2.45) is 16.1 Å². The maximum Gasteiger partial charge on any atom is 0.289 e. The van der Waals surface area contributed by atoms with E-state index in [2.05, 4.69) is 20.6 Å². The standard InChI is InChI=1S/C17H15N5O2/c1-12-14(11-19-20-16(23)15-9-5-6-10-18-15)17(24)22(21-12)13-7-3-2-4-8-13/h2-11,14H,1H3,(H,20,23)/b19-11-/t14-/m1/s1. The summed E-state index contributed by atoms with van der Waals surface area (Å²) in [5.74, 6) is -1.25. The lowest BCUT2D eigenvalue weighted by atomic mass is 10.1. The fourth-order valence-electron chi connectivity index (χ4n) is 2.23. The number of anilines is 1. The molecule has 24 heavy (non-hydrogen) atoms. The summed E-state index contributed by atoms with van der Waals surface area (Å²) < 4.78 is 0. The molecule has 1 aliphatic rings. The van der Waals surface area contributed by atoms with Crippen molar-refractivity contribution in [1.82, 2.24) is 10.4 Å². The molecular formula is C17H15N5O2. The topological polar surface area (TPSA) is 87.0 Å². The lowest BCUT2D eigenvalue weighted by Gasteiger charge is -2.12. The van der Waals surface area contributed by atoms with Crippen LogP contribution < -0.4 is 10.4 Å². The van der Waals surface area contributed by atoms with Crippen molar-refractivity contribution in [3.63, 3.8) is 0 Å². The van der Waals surface area contributed by atoms with Gasteiger partial charge in [0.05, 0.1) is 11.4 Å². The van der Waals surface area contributed by atoms with Crippen molar-refractivity contribution in [1.29, 1.82) is 0 Å². The van der Waals surface area contributed by atoms with Gasteiger partial charge in [-0.3, -0.25) is 14.6 Å². The van der Waals surface area contributed by atoms with E-state index >= 15 is 0 Å². The summed E-state index contributed by atoms with van der Waals surface area (Å²) >= 11 is 0. The van der Waals surface area contributed by atoms with E-state index in [-0.39, 0.29) is 11.6 Å². The number of aromatic nitrogens is 1. The predicted molar refractivity (Wildman–Crippen MR) is 90.7 cm³/mol. The molecule has 1 aromatic carbocycles. The highest BCUT2D eigenvalue weighted by Gasteiger charge is 2.33. The zero-order valence-electron chi connectivity index (χ0n) is 13.0. The molecule has 1 atom stereocenters. The monoisotopic (exact) mass is 321 g/mol. The zero-order chi connectivity index (χ0) is 16.9. The van der Waals surface area contributed by atoms with E-state index in [4.69, 9.17) is 0 Å². The molecule has 7 nitrogen and oxygen atoms in total. The van der Waals surface area contributed by atoms with Crippen LogP contribution in [-0.2, 0) is 4.79 Å². The maximum absolute atomic E-state index is 12.5. The molecule has 0 spiro atoms. The van der Waals surface area contributed by atoms with Crippen molar-refractivity contribution in [2.75, 3.05) is 5.01 Å². The van der Waals surface area contributed by atoms with Gasteiger partial charge in [0.25, 0.3) is 11.8 Å². The molecule has 1 N–H and O–H groups in total. The third-order valence-corrected chi connectivity index (χ3v) is 3.47. The second-order valence-electron chi connectivity index (χ2n) is 5.14. The first-order valence-electron chi connectivity index (χ1n) is 7.35. The van der Waals surface area contributed by atoms with Crippen LogP contribution in [0.3, 0.4) is 0 Å². The van der Waals surface area contributed by atoms with Crippen LogP contribution in [0.25, 0.3) is 0 Å². The number of carbonyl (C=O) groups is 2. The van der Waals surface area contributed by atoms with Gasteiger partial charge in [-0.1, -0.05) is 24.3 Å². The lowest BCUT2D eigenvalue weighted by molar-refractivity contribution is -0.118. The molecule has 0 saturated carbocycles. The number of hydrazone groups is 2. The van der Waals surface area contributed by atoms with Crippen LogP contribution in [0.4, 0.5) is 5.69 Å². The average Bonchev–Trinajstić information content (AvgIpc) is 2.91. The molecule has 0 bridgehead atoms. The third kappa shape index (κ3) is 3.19. The Bertz CT molecular complexity index is 802. The molecule has 1 aliphatic heterocycles. The van der Waals surface area contributed by atoms with Gasteiger partial charge in [-0.25, -0.2) is 5.43 Å². The number of amides is 2. The van der Waals surface area contributed by atoms with E-state index in [0.29, 0.717) is 11.4 Å². The largest absolute Gasteiger partial charge is 0.289 e. The molecule has 2 heterocycles. The van der Waals surface area contributed by atoms with Crippen LogP contribution in [0, 0.1) is 5.92 Å². The van der Waals surface area contributed by atoms with Gasteiger partial charge in [-0.15, -0.1) is 0 Å². The Morgan fingerprint density at radius 1 is 1.21 bits per heavy atom. The third-order valence-electron chi connectivity index (χ3n) is 3.47. The quantitative estimate of drug-likeness (QED) is 0.688. The van der Waals surface area contributed by atoms with Gasteiger partial charge in [0.15, 0.2) is 0 Å². The molecule has 120 valence electrons. The molecule has 0 fully saturated rings. The summed E-state index contributed by atoms with van der Waals surface area (Å²) in [4.78, 5) is 28.2. The molecule has 2 amide bonds. The van der Waals surface area contributed by atoms with Gasteiger partial charge in [-0.2, -0.15) is 15.2 Å². The van der Waals surface area contributed by atoms with Crippen LogP contribution in [0.5, 0.6) is 0 Å². The Labute approximate surface area is 138 Å². The zero-order valence-corrected chi connectivity index (χ0v) is 13.0. The van der Waals surface area contributed by atoms with E-state index in [9.17, 15) is 9.59 Å². The summed E-state index contributed by atoms with van der Waals surface area (Å²) in [7, 11) is 0. The molecule has 2 aromatic rings. The average molecular weight is 321 g/mol. The van der Waals surface area contributed by atoms with Gasteiger partial charge in [0.1, 0.15) is 11.6 Å². The Morgan fingerprint density at radius 2 is 1.96 bits per heavy atom. The summed E-state index contributed by atoms with van der Waals surface area (Å²) in [6.45, 7) is 1.75. The minimum Gasteiger partial charge on any atom is -0.271 e. The smallest absolute Gasteiger partial charge is 0.271 e. The maximum atomic E-state index is 12.5. The Hall–Kier alpha value is -3.35. The minimum absolute atomic E-state index is 0.213. The molecule has 0 unspecified atom stereocenters. The van der Waals surface area contributed by atoms with Crippen LogP contribution in [0.1, 0.15) is 17.4 Å². The highest BCUT2D eigenvalue weighted by atomic mass is 16.2. The number of hydrogen-bond acceptors (Lipinski definition) is 5. The van der Waals surface area contributed by atoms with Gasteiger partial charge < -0.3 is 0 Å². The predicted octanol–water partition coefficient (Wildman–Crippen LogP) is 1.84. The highest BCUT2D eigenvalue weighted by Crippen LogP contribution is 2.22. The lowest BCUT2D eigenvalue weighted by Crippen LogP contribution is -2.29. The highest BCUT2D eigenvalue weighted by molar-refractivity contribution is 6.23. The van der Waals surface area contributed by atoms with Crippen molar-refractivity contribution in [3.05, 3.63) is 60.4 Å². The van der Waals surface area contributed by atoms with Gasteiger partial charge in [0, 0.05) is 12.4 Å². The second kappa shape index (κ2) is 6.82. The first-order valence-corrected chi connectivity index (χ1v) is 7.35. The number of nitrogens with one attached hydrogen (secondary N) is 1. The number of para-hydroxylation sites is 1. The van der Waals surface area contributed by atoms with Gasteiger partial charge >= 0.3 is 0 Å². The molecule has 0 aliphatic carbocycles. The Balaban J connectivity index is 1.67. The van der Waals surface area contributed by atoms with Crippen LogP contribution in [-0.4, -0.2) is 28.7 Å². The SMILES string of the molecule is CC1=NN(c2ccccc2)C(=O)[C@@H]1/C=N\NC(=O)c1ccccn1. The number of nitrogens with zero attached hydrogens (tertiary/aromatic N) is 4. The van der Waals surface area contributed by atoms with Crippen LogP contribution >= 0.6 is 0 Å². The Morgan fingerprint density at radius 3 is 2.67 bits per heavy atom. The number of carbonyl (C=O) groups excluding carboxylic acids is 2. The first-order chi connectivity index (χ1) is 11.7. The second-order valence-corrected chi connectivity index (χ2v) is 5.14. The first kappa shape index (κ1) is 15.5. The normalized spacial score (nSPS) is 17.2. The number of rotatable bonds is 4. The molecule has 0 radical (unpaired) electrons. The number of pyridine rings is 1. The fourth-order valence-corrected chi connectivity index (χ4v) is 2.23. The van der Waals surface area contributed by atoms with Crippen molar-refractivity contribution in [2.45, 2.75) is 6.92 Å². The van der Waals surface area contributed by atoms with Crippen molar-refractivity contribution >= 4 is 29.4 Å². The molecule has 1 aromatic heterocycles. The molecular weight excluding hydrogens is 306 g/mol. The summed E-state index contributed by atoms with van der Waals surface area (Å²) in [5.41, 5.74) is 3.92. The van der Waals surface area contributed by atoms with Crippen molar-refractivity contribution in [3.8, 4) is 0 Å². The van der Waals surface area contributed by atoms with Crippen LogP contribution in [0.15, 0.2) is 64.9 Å². The molecule has 3 rings (SSSR count). The van der Waals surface area contributed by atoms with E-state index in [0.717, 1.165) is 0 Å². The Kier molecular flexibility index (Phi) is 4.42. The minimum atomic E-state index is -0.603. The van der Waals surface area contributed by atoms with E-state index in [1.165, 1.54) is 17.4 Å². The molecule has 7 heteroatoms. The number of benzene rings is 1. The fraction of sp³-hybridized carbons (Fsp3) is 0.118.